The molecule has 1 heterocycles. The molecule has 0 N–H and O–H groups in total. The van der Waals surface area contributed by atoms with E-state index >= 15 is 0 Å². The van der Waals surface area contributed by atoms with Crippen LogP contribution >= 0.6 is 11.3 Å². The van der Waals surface area contributed by atoms with Gasteiger partial charge in [-0.25, -0.2) is 0 Å². The second kappa shape index (κ2) is 3.52. The fourth-order valence-corrected chi connectivity index (χ4v) is 1.62. The molecular weight excluding hydrogens is 142 g/mol. The second-order valence-electron chi connectivity index (χ2n) is 1.97. The van der Waals surface area contributed by atoms with Crippen LogP contribution in [0.1, 0.15) is 18.7 Å². The zero-order chi connectivity index (χ0) is 7.40. The third kappa shape index (κ3) is 1.45. The second-order valence-corrected chi connectivity index (χ2v) is 2.97. The first-order chi connectivity index (χ1) is 4.88. The molecule has 1 rings (SSSR count). The Hall–Kier alpha value is -0.630. The highest BCUT2D eigenvalue weighted by molar-refractivity contribution is 7.10. The van der Waals surface area contributed by atoms with E-state index in [0.29, 0.717) is 0 Å². The van der Waals surface area contributed by atoms with E-state index in [1.54, 1.807) is 11.3 Å². The lowest BCUT2D eigenvalue weighted by Gasteiger charge is -1.90. The average molecular weight is 153 g/mol. The van der Waals surface area contributed by atoms with Crippen molar-refractivity contribution in [1.82, 2.24) is 0 Å². The summed E-state index contributed by atoms with van der Waals surface area (Å²) < 4.78 is 0. The Morgan fingerprint density at radius 3 is 3.10 bits per heavy atom. The van der Waals surface area contributed by atoms with Gasteiger partial charge in [-0.15, -0.1) is 11.3 Å². The van der Waals surface area contributed by atoms with E-state index in [1.165, 1.54) is 4.88 Å². The Balaban J connectivity index is 2.90. The Morgan fingerprint density at radius 1 is 1.70 bits per heavy atom. The molecule has 0 aliphatic carbocycles. The first-order valence-corrected chi connectivity index (χ1v) is 4.31. The van der Waals surface area contributed by atoms with Crippen molar-refractivity contribution in [1.29, 1.82) is 0 Å². The molecule has 0 radical (unpaired) electrons. The predicted molar refractivity (Wildman–Crippen MR) is 47.5 cm³/mol. The molecule has 2 heteroatoms. The van der Waals surface area contributed by atoms with E-state index in [1.807, 2.05) is 13.1 Å². The summed E-state index contributed by atoms with van der Waals surface area (Å²) in [5.74, 6) is 0. The van der Waals surface area contributed by atoms with Crippen LogP contribution in [-0.2, 0) is 6.42 Å². The van der Waals surface area contributed by atoms with Gasteiger partial charge in [0.05, 0.1) is 5.69 Å². The van der Waals surface area contributed by atoms with Gasteiger partial charge in [-0.3, -0.25) is 4.99 Å². The maximum Gasteiger partial charge on any atom is 0.0764 e. The monoisotopic (exact) mass is 153 g/mol. The Morgan fingerprint density at radius 2 is 2.50 bits per heavy atom. The molecule has 0 aliphatic heterocycles. The summed E-state index contributed by atoms with van der Waals surface area (Å²) in [5.41, 5.74) is 1.13. The molecule has 1 aromatic heterocycles. The molecule has 54 valence electrons. The molecular formula is C8H11NS. The number of hydrogen-bond acceptors (Lipinski definition) is 2. The molecule has 0 aliphatic rings. The van der Waals surface area contributed by atoms with Crippen molar-refractivity contribution in [3.63, 3.8) is 0 Å². The van der Waals surface area contributed by atoms with Crippen molar-refractivity contribution in [2.24, 2.45) is 4.99 Å². The van der Waals surface area contributed by atoms with Crippen molar-refractivity contribution in [3.05, 3.63) is 16.3 Å². The quantitative estimate of drug-likeness (QED) is 0.579. The van der Waals surface area contributed by atoms with Crippen LogP contribution in [0.15, 0.2) is 16.4 Å². The number of aliphatic imine (C=N–C) groups is 1. The Kier molecular flexibility index (Phi) is 2.63. The predicted octanol–water partition coefficient (Wildman–Crippen LogP) is 3.03. The van der Waals surface area contributed by atoms with E-state index in [9.17, 15) is 0 Å². The summed E-state index contributed by atoms with van der Waals surface area (Å²) >= 11 is 1.78. The van der Waals surface area contributed by atoms with Crippen molar-refractivity contribution < 1.29 is 0 Å². The maximum atomic E-state index is 4.22. The first kappa shape index (κ1) is 7.48. The molecule has 0 saturated carbocycles. The van der Waals surface area contributed by atoms with Crippen LogP contribution in [0.4, 0.5) is 5.69 Å². The summed E-state index contributed by atoms with van der Waals surface area (Å²) in [7, 11) is 0. The molecule has 10 heavy (non-hydrogen) atoms. The van der Waals surface area contributed by atoms with Gasteiger partial charge in [0.2, 0.25) is 0 Å². The lowest BCUT2D eigenvalue weighted by atomic mass is 10.3. The number of rotatable bonds is 2. The van der Waals surface area contributed by atoms with Gasteiger partial charge in [-0.05, 0) is 24.8 Å². The van der Waals surface area contributed by atoms with Crippen LogP contribution < -0.4 is 0 Å². The minimum absolute atomic E-state index is 1.09. The van der Waals surface area contributed by atoms with Crippen LogP contribution in [0.3, 0.4) is 0 Å². The van der Waals surface area contributed by atoms with E-state index < -0.39 is 0 Å². The van der Waals surface area contributed by atoms with Gasteiger partial charge in [0.15, 0.2) is 0 Å². The minimum Gasteiger partial charge on any atom is -0.260 e. The normalized spacial score (nSPS) is 11.0. The maximum absolute atomic E-state index is 4.22. The van der Waals surface area contributed by atoms with Crippen LogP contribution in [-0.4, -0.2) is 6.21 Å². The largest absolute Gasteiger partial charge is 0.260 e. The summed E-state index contributed by atoms with van der Waals surface area (Å²) in [5, 5.41) is 2.08. The van der Waals surface area contributed by atoms with Crippen molar-refractivity contribution in [3.8, 4) is 0 Å². The molecule has 0 saturated heterocycles. The van der Waals surface area contributed by atoms with Gasteiger partial charge < -0.3 is 0 Å². The van der Waals surface area contributed by atoms with E-state index in [2.05, 4.69) is 23.4 Å². The van der Waals surface area contributed by atoms with Gasteiger partial charge in [0, 0.05) is 11.1 Å². The standard InChI is InChI=1S/C8H11NS/c1-3-8-7(9-4-2)5-6-10-8/h4-6H,3H2,1-2H3. The molecule has 0 unspecified atom stereocenters. The highest BCUT2D eigenvalue weighted by Gasteiger charge is 1.97. The van der Waals surface area contributed by atoms with Crippen molar-refractivity contribution in [2.75, 3.05) is 0 Å². The molecule has 1 nitrogen and oxygen atoms in total. The zero-order valence-electron chi connectivity index (χ0n) is 6.29. The van der Waals surface area contributed by atoms with Gasteiger partial charge >= 0.3 is 0 Å². The van der Waals surface area contributed by atoms with Crippen molar-refractivity contribution in [2.45, 2.75) is 20.3 Å². The fourth-order valence-electron chi connectivity index (χ4n) is 0.852. The first-order valence-electron chi connectivity index (χ1n) is 3.43. The molecule has 0 fully saturated rings. The van der Waals surface area contributed by atoms with Gasteiger partial charge in [-0.2, -0.15) is 0 Å². The molecule has 0 bridgehead atoms. The van der Waals surface area contributed by atoms with Crippen LogP contribution in [0, 0.1) is 0 Å². The number of nitrogens with zero attached hydrogens (tertiary/aromatic N) is 1. The summed E-state index contributed by atoms with van der Waals surface area (Å²) in [6.07, 6.45) is 2.92. The third-order valence-electron chi connectivity index (χ3n) is 1.31. The summed E-state index contributed by atoms with van der Waals surface area (Å²) in [4.78, 5) is 5.60. The average Bonchev–Trinajstić information content (AvgIpc) is 2.36. The summed E-state index contributed by atoms with van der Waals surface area (Å²) in [6, 6.07) is 2.06. The number of aryl methyl sites for hydroxylation is 1. The fraction of sp³-hybridized carbons (Fsp3) is 0.375. The number of thiophene rings is 1. The van der Waals surface area contributed by atoms with Crippen LogP contribution in [0.5, 0.6) is 0 Å². The Labute approximate surface area is 65.4 Å². The molecule has 0 spiro atoms. The molecule has 0 aromatic carbocycles. The topological polar surface area (TPSA) is 12.4 Å². The number of hydrogen-bond donors (Lipinski definition) is 0. The third-order valence-corrected chi connectivity index (χ3v) is 2.37. The summed E-state index contributed by atoms with van der Waals surface area (Å²) in [6.45, 7) is 4.09. The molecule has 0 amide bonds. The smallest absolute Gasteiger partial charge is 0.0764 e. The van der Waals surface area contributed by atoms with E-state index in [4.69, 9.17) is 0 Å². The van der Waals surface area contributed by atoms with Gasteiger partial charge in [0.25, 0.3) is 0 Å². The molecule has 0 atom stereocenters. The lowest BCUT2D eigenvalue weighted by Crippen LogP contribution is -1.70. The van der Waals surface area contributed by atoms with Gasteiger partial charge in [0.1, 0.15) is 0 Å². The highest BCUT2D eigenvalue weighted by atomic mass is 32.1. The van der Waals surface area contributed by atoms with Crippen LogP contribution in [0.2, 0.25) is 0 Å². The van der Waals surface area contributed by atoms with Crippen LogP contribution in [0.25, 0.3) is 0 Å². The Bertz CT molecular complexity index is 225. The SMILES string of the molecule is CC=Nc1ccsc1CC. The lowest BCUT2D eigenvalue weighted by molar-refractivity contribution is 1.18. The van der Waals surface area contributed by atoms with E-state index in [0.717, 1.165) is 12.1 Å². The highest BCUT2D eigenvalue weighted by Crippen LogP contribution is 2.24. The van der Waals surface area contributed by atoms with Gasteiger partial charge in [-0.1, -0.05) is 6.92 Å². The minimum atomic E-state index is 1.09. The zero-order valence-corrected chi connectivity index (χ0v) is 7.11. The van der Waals surface area contributed by atoms with Crippen molar-refractivity contribution >= 4 is 23.2 Å². The van der Waals surface area contributed by atoms with E-state index in [-0.39, 0.29) is 0 Å². The molecule has 1 aromatic rings.